The Balaban J connectivity index is 2.06. The molecule has 0 fully saturated rings. The predicted molar refractivity (Wildman–Crippen MR) is 78.1 cm³/mol. The summed E-state index contributed by atoms with van der Waals surface area (Å²) in [4.78, 5) is 11.5. The SMILES string of the molecule is NC(=O)c1nn(CC2(N)C=CC=CC2)c2ccccc12. The van der Waals surface area contributed by atoms with Crippen LogP contribution in [0.5, 0.6) is 0 Å². The fraction of sp³-hybridized carbons (Fsp3) is 0.200. The third kappa shape index (κ3) is 2.12. The Bertz CT molecular complexity index is 729. The van der Waals surface area contributed by atoms with Gasteiger partial charge in [0, 0.05) is 5.39 Å². The number of carbonyl (C=O) groups excluding carboxylic acids is 1. The summed E-state index contributed by atoms with van der Waals surface area (Å²) in [5.74, 6) is -0.523. The molecule has 1 unspecified atom stereocenters. The molecule has 0 saturated carbocycles. The Morgan fingerprint density at radius 3 is 2.85 bits per heavy atom. The van der Waals surface area contributed by atoms with Crippen molar-refractivity contribution in [2.45, 2.75) is 18.5 Å². The number of benzene rings is 1. The summed E-state index contributed by atoms with van der Waals surface area (Å²) in [5.41, 5.74) is 12.4. The number of fused-ring (bicyclic) bond motifs is 1. The van der Waals surface area contributed by atoms with Gasteiger partial charge < -0.3 is 11.5 Å². The quantitative estimate of drug-likeness (QED) is 0.880. The van der Waals surface area contributed by atoms with E-state index in [1.54, 1.807) is 4.68 Å². The van der Waals surface area contributed by atoms with Crippen molar-refractivity contribution in [3.63, 3.8) is 0 Å². The highest BCUT2D eigenvalue weighted by atomic mass is 16.1. The Morgan fingerprint density at radius 1 is 1.35 bits per heavy atom. The van der Waals surface area contributed by atoms with Gasteiger partial charge in [-0.15, -0.1) is 0 Å². The van der Waals surface area contributed by atoms with E-state index in [2.05, 4.69) is 5.10 Å². The van der Waals surface area contributed by atoms with Crippen molar-refractivity contribution in [2.24, 2.45) is 11.5 Å². The van der Waals surface area contributed by atoms with Crippen molar-refractivity contribution < 1.29 is 4.79 Å². The lowest BCUT2D eigenvalue weighted by atomic mass is 9.92. The maximum atomic E-state index is 11.5. The molecular weight excluding hydrogens is 252 g/mol. The summed E-state index contributed by atoms with van der Waals surface area (Å²) in [6.45, 7) is 0.502. The van der Waals surface area contributed by atoms with Crippen LogP contribution in [-0.2, 0) is 6.54 Å². The van der Waals surface area contributed by atoms with E-state index in [0.717, 1.165) is 17.3 Å². The Labute approximate surface area is 116 Å². The molecule has 1 atom stereocenters. The monoisotopic (exact) mass is 268 g/mol. The number of carbonyl (C=O) groups is 1. The zero-order chi connectivity index (χ0) is 14.2. The van der Waals surface area contributed by atoms with E-state index < -0.39 is 11.4 Å². The number of nitrogens with zero attached hydrogens (tertiary/aromatic N) is 2. The average molecular weight is 268 g/mol. The van der Waals surface area contributed by atoms with Crippen LogP contribution in [0.15, 0.2) is 48.6 Å². The first-order valence-electron chi connectivity index (χ1n) is 6.48. The van der Waals surface area contributed by atoms with Gasteiger partial charge in [-0.3, -0.25) is 9.48 Å². The van der Waals surface area contributed by atoms with Gasteiger partial charge in [-0.2, -0.15) is 5.10 Å². The van der Waals surface area contributed by atoms with Gasteiger partial charge in [0.2, 0.25) is 0 Å². The number of rotatable bonds is 3. The number of hydrogen-bond acceptors (Lipinski definition) is 3. The molecule has 5 nitrogen and oxygen atoms in total. The van der Waals surface area contributed by atoms with Crippen LogP contribution in [0.25, 0.3) is 10.9 Å². The normalized spacial score (nSPS) is 21.4. The number of nitrogens with two attached hydrogens (primary N) is 2. The van der Waals surface area contributed by atoms with Crippen molar-refractivity contribution in [3.8, 4) is 0 Å². The smallest absolute Gasteiger partial charge is 0.269 e. The highest BCUT2D eigenvalue weighted by Crippen LogP contribution is 2.22. The zero-order valence-electron chi connectivity index (χ0n) is 11.0. The maximum absolute atomic E-state index is 11.5. The standard InChI is InChI=1S/C15H16N4O/c16-14(20)13-11-6-2-3-7-12(11)19(18-13)10-15(17)8-4-1-5-9-15/h1-8H,9-10,17H2,(H2,16,20). The van der Waals surface area contributed by atoms with Crippen molar-refractivity contribution in [2.75, 3.05) is 0 Å². The van der Waals surface area contributed by atoms with Gasteiger partial charge in [0.05, 0.1) is 17.6 Å². The molecule has 4 N–H and O–H groups in total. The van der Waals surface area contributed by atoms with Crippen molar-refractivity contribution in [1.29, 1.82) is 0 Å². The van der Waals surface area contributed by atoms with Gasteiger partial charge in [0.15, 0.2) is 5.69 Å². The molecule has 1 aliphatic carbocycles. The lowest BCUT2D eigenvalue weighted by Crippen LogP contribution is -2.42. The van der Waals surface area contributed by atoms with Crippen molar-refractivity contribution in [3.05, 3.63) is 54.3 Å². The van der Waals surface area contributed by atoms with E-state index in [1.165, 1.54) is 0 Å². The van der Waals surface area contributed by atoms with E-state index in [4.69, 9.17) is 11.5 Å². The fourth-order valence-corrected chi connectivity index (χ4v) is 2.51. The van der Waals surface area contributed by atoms with E-state index in [0.29, 0.717) is 12.2 Å². The molecule has 0 spiro atoms. The minimum absolute atomic E-state index is 0.291. The lowest BCUT2D eigenvalue weighted by molar-refractivity contribution is 0.0996. The number of aromatic nitrogens is 2. The first-order valence-corrected chi connectivity index (χ1v) is 6.48. The van der Waals surface area contributed by atoms with Gasteiger partial charge in [-0.25, -0.2) is 0 Å². The number of primary amides is 1. The molecule has 1 amide bonds. The second kappa shape index (κ2) is 4.61. The van der Waals surface area contributed by atoms with Crippen LogP contribution >= 0.6 is 0 Å². The average Bonchev–Trinajstić information content (AvgIpc) is 2.78. The Hall–Kier alpha value is -2.40. The minimum atomic E-state index is -0.523. The van der Waals surface area contributed by atoms with Gasteiger partial charge in [-0.05, 0) is 12.5 Å². The summed E-state index contributed by atoms with van der Waals surface area (Å²) < 4.78 is 1.76. The first-order chi connectivity index (χ1) is 9.59. The molecule has 0 saturated heterocycles. The third-order valence-corrected chi connectivity index (χ3v) is 3.51. The van der Waals surface area contributed by atoms with Crippen molar-refractivity contribution >= 4 is 16.8 Å². The summed E-state index contributed by atoms with van der Waals surface area (Å²) in [6.07, 6.45) is 8.64. The van der Waals surface area contributed by atoms with Gasteiger partial charge in [-0.1, -0.05) is 42.5 Å². The van der Waals surface area contributed by atoms with Crippen molar-refractivity contribution in [1.82, 2.24) is 9.78 Å². The van der Waals surface area contributed by atoms with Gasteiger partial charge >= 0.3 is 0 Å². The molecule has 1 aromatic carbocycles. The Kier molecular flexibility index (Phi) is 2.91. The molecule has 3 rings (SSSR count). The second-order valence-electron chi connectivity index (χ2n) is 5.11. The topological polar surface area (TPSA) is 86.9 Å². The van der Waals surface area contributed by atoms with Crippen LogP contribution in [0, 0.1) is 0 Å². The summed E-state index contributed by atoms with van der Waals surface area (Å²) in [5, 5.41) is 5.10. The van der Waals surface area contributed by atoms with Crippen LogP contribution < -0.4 is 11.5 Å². The molecule has 0 bridgehead atoms. The second-order valence-corrected chi connectivity index (χ2v) is 5.11. The van der Waals surface area contributed by atoms with E-state index >= 15 is 0 Å². The highest BCUT2D eigenvalue weighted by Gasteiger charge is 2.25. The number of amides is 1. The van der Waals surface area contributed by atoms with Crippen LogP contribution in [0.2, 0.25) is 0 Å². The van der Waals surface area contributed by atoms with E-state index in [9.17, 15) is 4.79 Å². The van der Waals surface area contributed by atoms with Crippen LogP contribution in [-0.4, -0.2) is 21.2 Å². The molecule has 20 heavy (non-hydrogen) atoms. The molecule has 2 aromatic rings. The van der Waals surface area contributed by atoms with Crippen LogP contribution in [0.1, 0.15) is 16.9 Å². The zero-order valence-corrected chi connectivity index (χ0v) is 11.0. The highest BCUT2D eigenvalue weighted by molar-refractivity contribution is 6.04. The maximum Gasteiger partial charge on any atom is 0.269 e. The van der Waals surface area contributed by atoms with Gasteiger partial charge in [0.25, 0.3) is 5.91 Å². The Morgan fingerprint density at radius 2 is 2.15 bits per heavy atom. The number of hydrogen-bond donors (Lipinski definition) is 2. The summed E-state index contributed by atoms with van der Waals surface area (Å²) in [6, 6.07) is 7.53. The number of allylic oxidation sites excluding steroid dienone is 2. The molecule has 1 aromatic heterocycles. The lowest BCUT2D eigenvalue weighted by Gasteiger charge is -2.26. The molecular formula is C15H16N4O. The fourth-order valence-electron chi connectivity index (χ4n) is 2.51. The third-order valence-electron chi connectivity index (χ3n) is 3.51. The molecule has 0 radical (unpaired) electrons. The van der Waals surface area contributed by atoms with Crippen LogP contribution in [0.3, 0.4) is 0 Å². The molecule has 1 heterocycles. The van der Waals surface area contributed by atoms with Crippen LogP contribution in [0.4, 0.5) is 0 Å². The molecule has 1 aliphatic rings. The molecule has 0 aliphatic heterocycles. The van der Waals surface area contributed by atoms with E-state index in [-0.39, 0.29) is 0 Å². The van der Waals surface area contributed by atoms with E-state index in [1.807, 2.05) is 48.6 Å². The summed E-state index contributed by atoms with van der Waals surface area (Å²) in [7, 11) is 0. The first kappa shape index (κ1) is 12.6. The van der Waals surface area contributed by atoms with Gasteiger partial charge in [0.1, 0.15) is 0 Å². The largest absolute Gasteiger partial charge is 0.364 e. The predicted octanol–water partition coefficient (Wildman–Crippen LogP) is 1.35. The minimum Gasteiger partial charge on any atom is -0.364 e. The molecule has 5 heteroatoms. The summed E-state index contributed by atoms with van der Waals surface area (Å²) >= 11 is 0. The number of para-hydroxylation sites is 1. The molecule has 102 valence electrons.